The molecule has 222 valence electrons. The number of carbonyl (C=O) groups excluding carboxylic acids is 1. The van der Waals surface area contributed by atoms with Crippen molar-refractivity contribution in [3.63, 3.8) is 0 Å². The molecule has 1 atom stereocenters. The van der Waals surface area contributed by atoms with Crippen LogP contribution in [-0.2, 0) is 11.3 Å². The first-order valence-corrected chi connectivity index (χ1v) is 15.3. The van der Waals surface area contributed by atoms with Gasteiger partial charge in [-0.1, -0.05) is 79.7 Å². The normalized spacial score (nSPS) is 14.8. The van der Waals surface area contributed by atoms with Gasteiger partial charge in [-0.05, 0) is 60.0 Å². The van der Waals surface area contributed by atoms with E-state index in [9.17, 15) is 4.79 Å². The summed E-state index contributed by atoms with van der Waals surface area (Å²) in [4.78, 5) is 16.6. The van der Waals surface area contributed by atoms with Gasteiger partial charge in [0, 0.05) is 33.6 Å². The second kappa shape index (κ2) is 13.4. The number of halogens is 1. The van der Waals surface area contributed by atoms with Crippen molar-refractivity contribution in [2.24, 2.45) is 0 Å². The van der Waals surface area contributed by atoms with Gasteiger partial charge in [-0.2, -0.15) is 4.68 Å². The molecule has 43 heavy (non-hydrogen) atoms. The number of ether oxygens (including phenoxy) is 2. The van der Waals surface area contributed by atoms with Crippen LogP contribution in [0.3, 0.4) is 0 Å². The van der Waals surface area contributed by atoms with E-state index in [1.165, 1.54) is 12.8 Å². The van der Waals surface area contributed by atoms with Gasteiger partial charge >= 0.3 is 5.97 Å². The maximum absolute atomic E-state index is 13.3. The monoisotopic (exact) mass is 598 g/mol. The minimum atomic E-state index is -0.513. The van der Waals surface area contributed by atoms with Crippen molar-refractivity contribution < 1.29 is 14.3 Å². The number of hydrogen-bond donors (Lipinski definition) is 2. The number of fused-ring (bicyclic) bond motifs is 1. The van der Waals surface area contributed by atoms with E-state index in [4.69, 9.17) is 21.1 Å². The number of rotatable bonds is 10. The van der Waals surface area contributed by atoms with Crippen LogP contribution in [0.2, 0.25) is 5.02 Å². The summed E-state index contributed by atoms with van der Waals surface area (Å²) < 4.78 is 13.3. The summed E-state index contributed by atoms with van der Waals surface area (Å²) in [6.07, 6.45) is 6.79. The van der Waals surface area contributed by atoms with Crippen molar-refractivity contribution in [2.75, 3.05) is 6.61 Å². The Labute approximate surface area is 255 Å². The molecule has 1 unspecified atom stereocenters. The van der Waals surface area contributed by atoms with E-state index in [1.54, 1.807) is 11.6 Å². The Morgan fingerprint density at radius 1 is 1.05 bits per heavy atom. The number of aromatic amines is 1. The van der Waals surface area contributed by atoms with Crippen LogP contribution in [0, 0.1) is 0 Å². The van der Waals surface area contributed by atoms with Gasteiger partial charge in [-0.15, -0.1) is 5.10 Å². The van der Waals surface area contributed by atoms with Gasteiger partial charge in [0.15, 0.2) is 5.82 Å². The molecular formula is C33H35ClN6O3. The molecule has 6 rings (SSSR count). The molecule has 10 heteroatoms. The van der Waals surface area contributed by atoms with Crippen LogP contribution in [-0.4, -0.2) is 43.8 Å². The number of nitrogens with zero attached hydrogens (tertiary/aromatic N) is 4. The van der Waals surface area contributed by atoms with Gasteiger partial charge in [-0.3, -0.25) is 0 Å². The van der Waals surface area contributed by atoms with Crippen LogP contribution in [0.5, 0.6) is 5.75 Å². The second-order valence-corrected chi connectivity index (χ2v) is 11.3. The molecule has 2 heterocycles. The van der Waals surface area contributed by atoms with E-state index in [0.29, 0.717) is 28.9 Å². The molecule has 0 amide bonds. The highest BCUT2D eigenvalue weighted by atomic mass is 35.5. The molecule has 2 aromatic heterocycles. The summed E-state index contributed by atoms with van der Waals surface area (Å²) in [5.41, 5.74) is 3.67. The van der Waals surface area contributed by atoms with Crippen LogP contribution >= 0.6 is 11.6 Å². The van der Waals surface area contributed by atoms with Crippen molar-refractivity contribution in [1.29, 1.82) is 0 Å². The van der Waals surface area contributed by atoms with Crippen molar-refractivity contribution >= 4 is 28.5 Å². The fourth-order valence-corrected chi connectivity index (χ4v) is 6.00. The van der Waals surface area contributed by atoms with Crippen molar-refractivity contribution in [3.05, 3.63) is 100 Å². The second-order valence-electron chi connectivity index (χ2n) is 10.8. The van der Waals surface area contributed by atoms with Crippen LogP contribution < -0.4 is 10.1 Å². The predicted molar refractivity (Wildman–Crippen MR) is 166 cm³/mol. The maximum atomic E-state index is 13.3. The fraction of sp³-hybridized carbons (Fsp3) is 0.333. The first kappa shape index (κ1) is 28.9. The molecule has 1 saturated carbocycles. The smallest absolute Gasteiger partial charge is 0.355 e. The quantitative estimate of drug-likeness (QED) is 0.132. The minimum Gasteiger partial charge on any atom is -0.489 e. The third-order valence-electron chi connectivity index (χ3n) is 7.89. The van der Waals surface area contributed by atoms with Gasteiger partial charge in [0.05, 0.1) is 18.3 Å². The Balaban J connectivity index is 1.43. The lowest BCUT2D eigenvalue weighted by atomic mass is 9.98. The standard InChI is InChI=1S/C33H35ClN6O3/c1-2-42-33(41)31-29(27-18-17-23(34)19-28(27)36-31)30(35-24-13-8-3-4-9-14-24)32-37-38-39-40(32)25-15-10-16-26(20-25)43-21-22-11-6-5-7-12-22/h5-7,10-12,15-20,24,30,35-36H,2-4,8-9,13-14,21H2,1H3. The minimum absolute atomic E-state index is 0.227. The molecular weight excluding hydrogens is 564 g/mol. The molecule has 2 N–H and O–H groups in total. The van der Waals surface area contributed by atoms with Crippen molar-refractivity contribution in [2.45, 2.75) is 64.1 Å². The van der Waals surface area contributed by atoms with E-state index in [-0.39, 0.29) is 12.6 Å². The first-order valence-electron chi connectivity index (χ1n) is 14.9. The Bertz CT molecular complexity index is 1680. The average molecular weight is 599 g/mol. The highest BCUT2D eigenvalue weighted by Crippen LogP contribution is 2.35. The third-order valence-corrected chi connectivity index (χ3v) is 8.12. The molecule has 0 aliphatic heterocycles. The number of carbonyl (C=O) groups is 1. The van der Waals surface area contributed by atoms with Gasteiger partial charge in [0.25, 0.3) is 0 Å². The maximum Gasteiger partial charge on any atom is 0.355 e. The number of tetrazole rings is 1. The zero-order chi connectivity index (χ0) is 29.6. The Morgan fingerprint density at radius 2 is 1.86 bits per heavy atom. The van der Waals surface area contributed by atoms with E-state index < -0.39 is 12.0 Å². The summed E-state index contributed by atoms with van der Waals surface area (Å²) >= 11 is 6.36. The van der Waals surface area contributed by atoms with Crippen LogP contribution in [0.15, 0.2) is 72.8 Å². The van der Waals surface area contributed by atoms with E-state index >= 15 is 0 Å². The topological polar surface area (TPSA) is 107 Å². The molecule has 0 saturated heterocycles. The Hall–Kier alpha value is -4.21. The summed E-state index contributed by atoms with van der Waals surface area (Å²) in [6.45, 7) is 2.49. The van der Waals surface area contributed by atoms with Crippen LogP contribution in [0.4, 0.5) is 0 Å². The lowest BCUT2D eigenvalue weighted by Gasteiger charge is -2.25. The lowest BCUT2D eigenvalue weighted by Crippen LogP contribution is -2.35. The lowest BCUT2D eigenvalue weighted by molar-refractivity contribution is 0.0518. The molecule has 0 radical (unpaired) electrons. The SMILES string of the molecule is CCOC(=O)c1[nH]c2cc(Cl)ccc2c1C(NC1CCCCCC1)c1nnnn1-c1cccc(OCc2ccccc2)c1. The number of benzene rings is 3. The fourth-order valence-electron chi connectivity index (χ4n) is 5.83. The third kappa shape index (κ3) is 6.58. The number of nitrogens with one attached hydrogen (secondary N) is 2. The molecule has 0 bridgehead atoms. The van der Waals surface area contributed by atoms with E-state index in [2.05, 4.69) is 25.8 Å². The Morgan fingerprint density at radius 3 is 2.65 bits per heavy atom. The zero-order valence-corrected chi connectivity index (χ0v) is 24.9. The number of esters is 1. The van der Waals surface area contributed by atoms with Gasteiger partial charge in [-0.25, -0.2) is 4.79 Å². The van der Waals surface area contributed by atoms with Gasteiger partial charge < -0.3 is 19.8 Å². The molecule has 3 aromatic carbocycles. The van der Waals surface area contributed by atoms with E-state index in [0.717, 1.165) is 53.4 Å². The summed E-state index contributed by atoms with van der Waals surface area (Å²) in [5, 5.41) is 18.3. The van der Waals surface area contributed by atoms with Gasteiger partial charge in [0.2, 0.25) is 0 Å². The summed E-state index contributed by atoms with van der Waals surface area (Å²) in [7, 11) is 0. The van der Waals surface area contributed by atoms with Crippen LogP contribution in [0.1, 0.15) is 78.9 Å². The average Bonchev–Trinajstić information content (AvgIpc) is 3.57. The molecule has 1 aliphatic carbocycles. The molecule has 9 nitrogen and oxygen atoms in total. The van der Waals surface area contributed by atoms with E-state index in [1.807, 2.05) is 72.8 Å². The Kier molecular flexibility index (Phi) is 9.00. The number of hydrogen-bond acceptors (Lipinski definition) is 7. The van der Waals surface area contributed by atoms with Crippen LogP contribution in [0.25, 0.3) is 16.6 Å². The largest absolute Gasteiger partial charge is 0.489 e. The molecule has 1 aliphatic rings. The number of H-pyrrole nitrogens is 1. The van der Waals surface area contributed by atoms with Crippen molar-refractivity contribution in [1.82, 2.24) is 30.5 Å². The first-order chi connectivity index (χ1) is 21.1. The van der Waals surface area contributed by atoms with Crippen molar-refractivity contribution in [3.8, 4) is 11.4 Å². The zero-order valence-electron chi connectivity index (χ0n) is 24.1. The predicted octanol–water partition coefficient (Wildman–Crippen LogP) is 6.95. The summed E-state index contributed by atoms with van der Waals surface area (Å²) in [5.74, 6) is 0.823. The highest BCUT2D eigenvalue weighted by molar-refractivity contribution is 6.31. The summed E-state index contributed by atoms with van der Waals surface area (Å²) in [6, 6.07) is 23.0. The molecule has 0 spiro atoms. The molecule has 5 aromatic rings. The molecule has 1 fully saturated rings. The number of aromatic nitrogens is 5. The van der Waals surface area contributed by atoms with Gasteiger partial charge in [0.1, 0.15) is 18.1 Å². The highest BCUT2D eigenvalue weighted by Gasteiger charge is 2.33.